The molecule has 3 aromatic rings. The van der Waals surface area contributed by atoms with Crippen molar-refractivity contribution in [1.82, 2.24) is 5.32 Å². The van der Waals surface area contributed by atoms with Crippen molar-refractivity contribution in [3.05, 3.63) is 99.8 Å². The van der Waals surface area contributed by atoms with Gasteiger partial charge in [-0.2, -0.15) is 0 Å². The van der Waals surface area contributed by atoms with Gasteiger partial charge in [0, 0.05) is 5.02 Å². The van der Waals surface area contributed by atoms with Gasteiger partial charge in [-0.25, -0.2) is 14.1 Å². The van der Waals surface area contributed by atoms with E-state index in [9.17, 15) is 18.8 Å². The van der Waals surface area contributed by atoms with Gasteiger partial charge >= 0.3 is 6.03 Å². The zero-order chi connectivity index (χ0) is 24.2. The van der Waals surface area contributed by atoms with Crippen LogP contribution in [0.5, 0.6) is 5.75 Å². The van der Waals surface area contributed by atoms with Gasteiger partial charge in [-0.15, -0.1) is 0 Å². The van der Waals surface area contributed by atoms with Crippen LogP contribution in [0.25, 0.3) is 6.08 Å². The zero-order valence-corrected chi connectivity index (χ0v) is 18.9. The maximum atomic E-state index is 13.5. The van der Waals surface area contributed by atoms with Crippen LogP contribution in [0.15, 0.2) is 72.3 Å². The SMILES string of the molecule is CCOc1ccc(N2C(=O)NC(=O)/C(=C\c3ccc(Cc4cccc(F)c4)c(Cl)c3)C2=O)cc1. The third-order valence-electron chi connectivity index (χ3n) is 5.18. The van der Waals surface area contributed by atoms with Crippen molar-refractivity contribution in [2.75, 3.05) is 11.5 Å². The molecule has 0 saturated carbocycles. The maximum absolute atomic E-state index is 13.5. The molecule has 0 bridgehead atoms. The van der Waals surface area contributed by atoms with Crippen molar-refractivity contribution < 1.29 is 23.5 Å². The molecule has 4 amide bonds. The van der Waals surface area contributed by atoms with Crippen molar-refractivity contribution in [1.29, 1.82) is 0 Å². The van der Waals surface area contributed by atoms with E-state index >= 15 is 0 Å². The molecule has 172 valence electrons. The molecule has 1 heterocycles. The minimum atomic E-state index is -0.834. The number of carbonyl (C=O) groups is 3. The van der Waals surface area contributed by atoms with E-state index in [4.69, 9.17) is 16.3 Å². The molecule has 3 aromatic carbocycles. The van der Waals surface area contributed by atoms with E-state index in [-0.39, 0.29) is 11.4 Å². The molecule has 1 saturated heterocycles. The highest BCUT2D eigenvalue weighted by molar-refractivity contribution is 6.39. The van der Waals surface area contributed by atoms with Crippen LogP contribution in [-0.4, -0.2) is 24.5 Å². The number of hydrogen-bond acceptors (Lipinski definition) is 4. The van der Waals surface area contributed by atoms with Crippen LogP contribution in [0.2, 0.25) is 5.02 Å². The van der Waals surface area contributed by atoms with E-state index in [0.717, 1.165) is 16.0 Å². The number of urea groups is 1. The highest BCUT2D eigenvalue weighted by atomic mass is 35.5. The second kappa shape index (κ2) is 9.89. The lowest BCUT2D eigenvalue weighted by atomic mass is 10.0. The second-order valence-corrected chi connectivity index (χ2v) is 7.95. The van der Waals surface area contributed by atoms with Gasteiger partial charge in [0.25, 0.3) is 11.8 Å². The summed E-state index contributed by atoms with van der Waals surface area (Å²) in [4.78, 5) is 38.8. The Hall–Kier alpha value is -3.97. The molecule has 6 nitrogen and oxygen atoms in total. The normalized spacial score (nSPS) is 15.0. The summed E-state index contributed by atoms with van der Waals surface area (Å²) in [5.74, 6) is -1.28. The number of hydrogen-bond donors (Lipinski definition) is 1. The fourth-order valence-corrected chi connectivity index (χ4v) is 3.84. The molecule has 0 aliphatic carbocycles. The Labute approximate surface area is 200 Å². The summed E-state index contributed by atoms with van der Waals surface area (Å²) in [7, 11) is 0. The number of halogens is 2. The first-order chi connectivity index (χ1) is 16.4. The van der Waals surface area contributed by atoms with Gasteiger partial charge in [0.2, 0.25) is 0 Å². The third-order valence-corrected chi connectivity index (χ3v) is 5.53. The predicted octanol–water partition coefficient (Wildman–Crippen LogP) is 5.14. The number of amides is 4. The van der Waals surface area contributed by atoms with Gasteiger partial charge in [0.05, 0.1) is 12.3 Å². The highest BCUT2D eigenvalue weighted by Gasteiger charge is 2.36. The molecule has 0 atom stereocenters. The van der Waals surface area contributed by atoms with E-state index in [1.807, 2.05) is 6.92 Å². The third kappa shape index (κ3) is 5.00. The number of anilines is 1. The predicted molar refractivity (Wildman–Crippen MR) is 127 cm³/mol. The molecule has 4 rings (SSSR count). The van der Waals surface area contributed by atoms with E-state index in [1.165, 1.54) is 18.2 Å². The average Bonchev–Trinajstić information content (AvgIpc) is 2.80. The Kier molecular flexibility index (Phi) is 6.75. The Balaban J connectivity index is 1.59. The quantitative estimate of drug-likeness (QED) is 0.393. The van der Waals surface area contributed by atoms with Gasteiger partial charge in [0.1, 0.15) is 17.1 Å². The summed E-state index contributed by atoms with van der Waals surface area (Å²) < 4.78 is 18.8. The van der Waals surface area contributed by atoms with E-state index < -0.39 is 17.8 Å². The van der Waals surface area contributed by atoms with Crippen LogP contribution in [0.3, 0.4) is 0 Å². The van der Waals surface area contributed by atoms with Gasteiger partial charge in [-0.3, -0.25) is 14.9 Å². The zero-order valence-electron chi connectivity index (χ0n) is 18.2. The smallest absolute Gasteiger partial charge is 0.335 e. The minimum absolute atomic E-state index is 0.206. The van der Waals surface area contributed by atoms with Crippen LogP contribution in [0.1, 0.15) is 23.6 Å². The lowest BCUT2D eigenvalue weighted by molar-refractivity contribution is -0.122. The van der Waals surface area contributed by atoms with Crippen LogP contribution in [-0.2, 0) is 16.0 Å². The monoisotopic (exact) mass is 478 g/mol. The van der Waals surface area contributed by atoms with E-state index in [2.05, 4.69) is 5.32 Å². The fraction of sp³-hybridized carbons (Fsp3) is 0.115. The summed E-state index contributed by atoms with van der Waals surface area (Å²) >= 11 is 6.41. The second-order valence-electron chi connectivity index (χ2n) is 7.54. The molecular formula is C26H20ClFN2O4. The van der Waals surface area contributed by atoms with E-state index in [1.54, 1.807) is 54.6 Å². The number of imide groups is 2. The molecule has 1 N–H and O–H groups in total. The highest BCUT2D eigenvalue weighted by Crippen LogP contribution is 2.26. The molecular weight excluding hydrogens is 459 g/mol. The number of barbiturate groups is 1. The van der Waals surface area contributed by atoms with Crippen LogP contribution in [0, 0.1) is 5.82 Å². The lowest BCUT2D eigenvalue weighted by Gasteiger charge is -2.26. The number of benzene rings is 3. The summed E-state index contributed by atoms with van der Waals surface area (Å²) in [6.07, 6.45) is 1.80. The molecule has 1 aliphatic rings. The van der Waals surface area contributed by atoms with Crippen molar-refractivity contribution in [2.45, 2.75) is 13.3 Å². The van der Waals surface area contributed by atoms with Crippen LogP contribution < -0.4 is 15.0 Å². The molecule has 34 heavy (non-hydrogen) atoms. The summed E-state index contributed by atoms with van der Waals surface area (Å²) in [5, 5.41) is 2.60. The number of carbonyl (C=O) groups excluding carboxylic acids is 3. The first kappa shape index (κ1) is 23.2. The molecule has 0 spiro atoms. The van der Waals surface area contributed by atoms with Crippen molar-refractivity contribution in [2.24, 2.45) is 0 Å². The Bertz CT molecular complexity index is 1300. The number of nitrogens with one attached hydrogen (secondary N) is 1. The number of ether oxygens (including phenoxy) is 1. The first-order valence-electron chi connectivity index (χ1n) is 10.5. The molecule has 0 aromatic heterocycles. The van der Waals surface area contributed by atoms with Crippen molar-refractivity contribution in [3.63, 3.8) is 0 Å². The number of nitrogens with zero attached hydrogens (tertiary/aromatic N) is 1. The van der Waals surface area contributed by atoms with E-state index in [0.29, 0.717) is 35.1 Å². The van der Waals surface area contributed by atoms with Crippen molar-refractivity contribution in [3.8, 4) is 5.75 Å². The Morgan fingerprint density at radius 1 is 1.03 bits per heavy atom. The summed E-state index contributed by atoms with van der Waals surface area (Å²) in [6, 6.07) is 16.9. The van der Waals surface area contributed by atoms with Gasteiger partial charge in [-0.05, 0) is 78.6 Å². The lowest BCUT2D eigenvalue weighted by Crippen LogP contribution is -2.54. The molecule has 0 radical (unpaired) electrons. The largest absolute Gasteiger partial charge is 0.494 e. The van der Waals surface area contributed by atoms with Crippen molar-refractivity contribution >= 4 is 41.2 Å². The number of rotatable bonds is 6. The molecule has 1 aliphatic heterocycles. The fourth-order valence-electron chi connectivity index (χ4n) is 3.58. The Morgan fingerprint density at radius 2 is 1.79 bits per heavy atom. The van der Waals surface area contributed by atoms with Crippen LogP contribution in [0.4, 0.5) is 14.9 Å². The standard InChI is InChI=1S/C26H20ClFN2O4/c1-2-34-21-10-8-20(9-11-21)30-25(32)22(24(31)29-26(30)33)14-17-6-7-18(23(27)15-17)12-16-4-3-5-19(28)13-16/h3-11,13-15H,2,12H2,1H3,(H,29,31,33)/b22-14+. The first-order valence-corrected chi connectivity index (χ1v) is 10.9. The average molecular weight is 479 g/mol. The summed E-state index contributed by atoms with van der Waals surface area (Å²) in [5.41, 5.74) is 2.13. The molecule has 1 fully saturated rings. The van der Waals surface area contributed by atoms with Gasteiger partial charge < -0.3 is 4.74 Å². The topological polar surface area (TPSA) is 75.7 Å². The van der Waals surface area contributed by atoms with Gasteiger partial charge in [-0.1, -0.05) is 35.9 Å². The summed E-state index contributed by atoms with van der Waals surface area (Å²) in [6.45, 7) is 2.33. The van der Waals surface area contributed by atoms with Gasteiger partial charge in [0.15, 0.2) is 0 Å². The Morgan fingerprint density at radius 3 is 2.47 bits per heavy atom. The maximum Gasteiger partial charge on any atom is 0.335 e. The molecule has 0 unspecified atom stereocenters. The molecule has 8 heteroatoms. The minimum Gasteiger partial charge on any atom is -0.494 e. The van der Waals surface area contributed by atoms with Crippen LogP contribution >= 0.6 is 11.6 Å².